The van der Waals surface area contributed by atoms with Gasteiger partial charge in [-0.2, -0.15) is 0 Å². The Balaban J connectivity index is 3.41. The quantitative estimate of drug-likeness (QED) is 0.615. The van der Waals surface area contributed by atoms with Crippen LogP contribution in [0, 0.1) is 10.1 Å². The second kappa shape index (κ2) is 3.62. The van der Waals surface area contributed by atoms with E-state index in [4.69, 9.17) is 5.73 Å². The monoisotopic (exact) mass is 260 g/mol. The Bertz CT molecular complexity index is 379. The van der Waals surface area contributed by atoms with Crippen LogP contribution in [0.15, 0.2) is 16.6 Å². The first-order valence-electron chi connectivity index (χ1n) is 3.40. The highest BCUT2D eigenvalue weighted by atomic mass is 79.9. The summed E-state index contributed by atoms with van der Waals surface area (Å²) < 4.78 is -0.0702. The van der Waals surface area contributed by atoms with E-state index < -0.39 is 22.3 Å². The molecule has 74 valence electrons. The molecule has 0 heterocycles. The first-order chi connectivity index (χ1) is 6.45. The summed E-state index contributed by atoms with van der Waals surface area (Å²) in [4.78, 5) is 20.4. The molecule has 0 bridgehead atoms. The van der Waals surface area contributed by atoms with Crippen molar-refractivity contribution in [2.24, 2.45) is 5.73 Å². The predicted molar refractivity (Wildman–Crippen MR) is 51.0 cm³/mol. The molecule has 0 aliphatic heterocycles. The van der Waals surface area contributed by atoms with Gasteiger partial charge in [0.25, 0.3) is 0 Å². The van der Waals surface area contributed by atoms with Crippen molar-refractivity contribution < 1.29 is 14.8 Å². The highest BCUT2D eigenvalue weighted by Crippen LogP contribution is 2.35. The molecule has 0 aliphatic carbocycles. The van der Waals surface area contributed by atoms with Crippen molar-refractivity contribution in [1.29, 1.82) is 0 Å². The van der Waals surface area contributed by atoms with Crippen molar-refractivity contribution in [3.8, 4) is 5.75 Å². The number of nitrogens with two attached hydrogens (primary N) is 1. The van der Waals surface area contributed by atoms with Gasteiger partial charge in [-0.25, -0.2) is 0 Å². The van der Waals surface area contributed by atoms with Crippen LogP contribution in [-0.4, -0.2) is 15.9 Å². The molecule has 0 aliphatic rings. The largest absolute Gasteiger partial charge is 0.501 e. The molecular weight excluding hydrogens is 256 g/mol. The molecule has 1 aromatic rings. The Morgan fingerprint density at radius 3 is 2.57 bits per heavy atom. The van der Waals surface area contributed by atoms with E-state index in [1.54, 1.807) is 0 Å². The summed E-state index contributed by atoms with van der Waals surface area (Å²) in [5.74, 6) is -1.38. The lowest BCUT2D eigenvalue weighted by atomic mass is 10.2. The number of aromatic hydroxyl groups is 1. The summed E-state index contributed by atoms with van der Waals surface area (Å²) >= 11 is 2.84. The fourth-order valence-corrected chi connectivity index (χ4v) is 1.42. The number of nitro groups is 1. The smallest absolute Gasteiger partial charge is 0.311 e. The van der Waals surface area contributed by atoms with E-state index in [1.165, 1.54) is 6.07 Å². The van der Waals surface area contributed by atoms with E-state index >= 15 is 0 Å². The number of rotatable bonds is 2. The fraction of sp³-hybridized carbons (Fsp3) is 0. The number of nitrogens with zero attached hydrogens (tertiary/aromatic N) is 1. The number of benzene rings is 1. The maximum absolute atomic E-state index is 10.8. The first-order valence-corrected chi connectivity index (χ1v) is 4.20. The molecule has 14 heavy (non-hydrogen) atoms. The molecular formula is C7H5BrN2O4. The first kappa shape index (κ1) is 10.5. The number of phenols is 1. The van der Waals surface area contributed by atoms with E-state index in [0.29, 0.717) is 0 Å². The molecule has 7 heteroatoms. The molecule has 0 fully saturated rings. The topological polar surface area (TPSA) is 106 Å². The normalized spacial score (nSPS) is 9.79. The molecule has 6 nitrogen and oxygen atoms in total. The lowest BCUT2D eigenvalue weighted by molar-refractivity contribution is -0.385. The SMILES string of the molecule is NC(=O)c1ccc([N+](=O)[O-])c(O)c1Br. The average Bonchev–Trinajstić information content (AvgIpc) is 2.08. The predicted octanol–water partition coefficient (Wildman–Crippen LogP) is 1.16. The summed E-state index contributed by atoms with van der Waals surface area (Å²) in [6.07, 6.45) is 0. The van der Waals surface area contributed by atoms with Gasteiger partial charge in [0.15, 0.2) is 0 Å². The summed E-state index contributed by atoms with van der Waals surface area (Å²) in [7, 11) is 0. The van der Waals surface area contributed by atoms with Gasteiger partial charge in [0.1, 0.15) is 0 Å². The van der Waals surface area contributed by atoms with Crippen LogP contribution in [0.2, 0.25) is 0 Å². The number of hydrogen-bond acceptors (Lipinski definition) is 4. The molecule has 1 rings (SSSR count). The number of nitro benzene ring substituents is 1. The van der Waals surface area contributed by atoms with Crippen LogP contribution in [-0.2, 0) is 0 Å². The van der Waals surface area contributed by atoms with Gasteiger partial charge in [-0.3, -0.25) is 14.9 Å². The van der Waals surface area contributed by atoms with Crippen LogP contribution < -0.4 is 5.73 Å². The number of carbonyl (C=O) groups is 1. The zero-order valence-electron chi connectivity index (χ0n) is 6.73. The molecule has 0 radical (unpaired) electrons. The minimum atomic E-state index is -0.776. The van der Waals surface area contributed by atoms with Crippen LogP contribution in [0.3, 0.4) is 0 Å². The Morgan fingerprint density at radius 2 is 2.14 bits per heavy atom. The third-order valence-corrected chi connectivity index (χ3v) is 2.36. The second-order valence-electron chi connectivity index (χ2n) is 2.42. The number of hydrogen-bond donors (Lipinski definition) is 2. The highest BCUT2D eigenvalue weighted by Gasteiger charge is 2.20. The summed E-state index contributed by atoms with van der Waals surface area (Å²) in [5, 5.41) is 19.7. The van der Waals surface area contributed by atoms with Crippen LogP contribution >= 0.6 is 15.9 Å². The molecule has 0 saturated heterocycles. The van der Waals surface area contributed by atoms with Crippen molar-refractivity contribution in [3.63, 3.8) is 0 Å². The minimum Gasteiger partial charge on any atom is -0.501 e. The number of primary amides is 1. The van der Waals surface area contributed by atoms with Crippen LogP contribution in [0.4, 0.5) is 5.69 Å². The highest BCUT2D eigenvalue weighted by molar-refractivity contribution is 9.10. The Hall–Kier alpha value is -1.63. The fourth-order valence-electron chi connectivity index (χ4n) is 0.892. The Kier molecular flexibility index (Phi) is 2.70. The van der Waals surface area contributed by atoms with E-state index in [2.05, 4.69) is 15.9 Å². The molecule has 3 N–H and O–H groups in total. The van der Waals surface area contributed by atoms with Gasteiger partial charge in [-0.1, -0.05) is 0 Å². The standard InChI is InChI=1S/C7H5BrN2O4/c8-5-3(7(9)12)1-2-4(6(5)11)10(13)14/h1-2,11H,(H2,9,12). The van der Waals surface area contributed by atoms with Crippen molar-refractivity contribution >= 4 is 27.5 Å². The van der Waals surface area contributed by atoms with Crippen molar-refractivity contribution in [3.05, 3.63) is 32.3 Å². The number of carbonyl (C=O) groups excluding carboxylic acids is 1. The third kappa shape index (κ3) is 1.67. The summed E-state index contributed by atoms with van der Waals surface area (Å²) in [5.41, 5.74) is 4.47. The van der Waals surface area contributed by atoms with Crippen molar-refractivity contribution in [1.82, 2.24) is 0 Å². The lowest BCUT2D eigenvalue weighted by Crippen LogP contribution is -2.11. The van der Waals surface area contributed by atoms with Crippen LogP contribution in [0.25, 0.3) is 0 Å². The van der Waals surface area contributed by atoms with E-state index in [9.17, 15) is 20.0 Å². The molecule has 0 atom stereocenters. The van der Waals surface area contributed by atoms with Gasteiger partial charge < -0.3 is 10.8 Å². The third-order valence-electron chi connectivity index (χ3n) is 1.56. The van der Waals surface area contributed by atoms with E-state index in [-0.39, 0.29) is 10.0 Å². The molecule has 0 aromatic heterocycles. The van der Waals surface area contributed by atoms with Gasteiger partial charge >= 0.3 is 5.69 Å². The molecule has 0 spiro atoms. The maximum Gasteiger partial charge on any atom is 0.311 e. The Labute approximate surface area is 86.6 Å². The van der Waals surface area contributed by atoms with E-state index in [0.717, 1.165) is 6.07 Å². The van der Waals surface area contributed by atoms with Gasteiger partial charge in [-0.05, 0) is 22.0 Å². The Morgan fingerprint density at radius 1 is 1.57 bits per heavy atom. The number of halogens is 1. The van der Waals surface area contributed by atoms with Gasteiger partial charge in [0.2, 0.25) is 11.7 Å². The van der Waals surface area contributed by atoms with Crippen LogP contribution in [0.1, 0.15) is 10.4 Å². The van der Waals surface area contributed by atoms with E-state index in [1.807, 2.05) is 0 Å². The summed E-state index contributed by atoms with van der Waals surface area (Å²) in [6, 6.07) is 2.18. The average molecular weight is 261 g/mol. The zero-order chi connectivity index (χ0) is 10.9. The van der Waals surface area contributed by atoms with Crippen molar-refractivity contribution in [2.75, 3.05) is 0 Å². The lowest BCUT2D eigenvalue weighted by Gasteiger charge is -2.02. The maximum atomic E-state index is 10.8. The number of phenolic OH excluding ortho intramolecular Hbond substituents is 1. The van der Waals surface area contributed by atoms with Gasteiger partial charge in [0.05, 0.1) is 15.0 Å². The van der Waals surface area contributed by atoms with Gasteiger partial charge in [0, 0.05) is 6.07 Å². The second-order valence-corrected chi connectivity index (χ2v) is 3.21. The van der Waals surface area contributed by atoms with Crippen molar-refractivity contribution in [2.45, 2.75) is 0 Å². The molecule has 1 amide bonds. The number of amides is 1. The van der Waals surface area contributed by atoms with Gasteiger partial charge in [-0.15, -0.1) is 0 Å². The van der Waals surface area contributed by atoms with Crippen LogP contribution in [0.5, 0.6) is 5.75 Å². The zero-order valence-corrected chi connectivity index (χ0v) is 8.32. The molecule has 0 unspecified atom stereocenters. The molecule has 0 saturated carbocycles. The minimum absolute atomic E-state index is 0.00639. The molecule has 1 aromatic carbocycles. The summed E-state index contributed by atoms with van der Waals surface area (Å²) in [6.45, 7) is 0.